The minimum absolute atomic E-state index is 0.240. The van der Waals surface area contributed by atoms with E-state index >= 15 is 0 Å². The first-order valence-electron chi connectivity index (χ1n) is 4.40. The van der Waals surface area contributed by atoms with Gasteiger partial charge in [0.15, 0.2) is 5.60 Å². The van der Waals surface area contributed by atoms with E-state index in [0.717, 1.165) is 5.01 Å². The van der Waals surface area contributed by atoms with Gasteiger partial charge in [-0.2, -0.15) is 0 Å². The molecule has 0 saturated carbocycles. The van der Waals surface area contributed by atoms with Crippen LogP contribution in [0.5, 0.6) is 5.75 Å². The molecule has 0 fully saturated rings. The first-order valence-corrected chi connectivity index (χ1v) is 4.40. The van der Waals surface area contributed by atoms with Crippen LogP contribution in [-0.2, 0) is 4.79 Å². The molecular formula is C10H12N2O2. The van der Waals surface area contributed by atoms with Crippen molar-refractivity contribution in [1.82, 2.24) is 0 Å². The van der Waals surface area contributed by atoms with E-state index < -0.39 is 5.60 Å². The van der Waals surface area contributed by atoms with Crippen LogP contribution in [0.25, 0.3) is 0 Å². The van der Waals surface area contributed by atoms with Gasteiger partial charge < -0.3 is 4.74 Å². The highest BCUT2D eigenvalue weighted by atomic mass is 16.5. The molecule has 1 aromatic carbocycles. The largest absolute Gasteiger partial charge is 0.476 e. The van der Waals surface area contributed by atoms with Gasteiger partial charge in [0, 0.05) is 0 Å². The van der Waals surface area contributed by atoms with Crippen LogP contribution < -0.4 is 15.6 Å². The third-order valence-corrected chi connectivity index (χ3v) is 2.22. The molecule has 14 heavy (non-hydrogen) atoms. The second kappa shape index (κ2) is 2.72. The first kappa shape index (κ1) is 9.02. The van der Waals surface area contributed by atoms with Gasteiger partial charge in [-0.05, 0) is 26.0 Å². The molecule has 0 aromatic heterocycles. The fourth-order valence-electron chi connectivity index (χ4n) is 1.46. The van der Waals surface area contributed by atoms with Crippen LogP contribution in [0.4, 0.5) is 5.69 Å². The summed E-state index contributed by atoms with van der Waals surface area (Å²) in [4.78, 5) is 11.7. The Morgan fingerprint density at radius 2 is 2.00 bits per heavy atom. The van der Waals surface area contributed by atoms with Crippen LogP contribution in [0.2, 0.25) is 0 Å². The molecule has 0 bridgehead atoms. The van der Waals surface area contributed by atoms with Crippen LogP contribution >= 0.6 is 0 Å². The van der Waals surface area contributed by atoms with Crippen LogP contribution in [-0.4, -0.2) is 11.5 Å². The van der Waals surface area contributed by atoms with Crippen molar-refractivity contribution < 1.29 is 9.53 Å². The summed E-state index contributed by atoms with van der Waals surface area (Å²) in [5, 5.41) is 1.14. The van der Waals surface area contributed by atoms with Crippen LogP contribution in [0.3, 0.4) is 0 Å². The third kappa shape index (κ3) is 1.15. The van der Waals surface area contributed by atoms with E-state index in [1.807, 2.05) is 12.1 Å². The highest BCUT2D eigenvalue weighted by Crippen LogP contribution is 2.35. The van der Waals surface area contributed by atoms with Crippen LogP contribution in [0.1, 0.15) is 13.8 Å². The molecule has 1 aliphatic heterocycles. The smallest absolute Gasteiger partial charge is 0.284 e. The summed E-state index contributed by atoms with van der Waals surface area (Å²) in [7, 11) is 0. The van der Waals surface area contributed by atoms with Gasteiger partial charge in [0.25, 0.3) is 5.91 Å². The van der Waals surface area contributed by atoms with Gasteiger partial charge in [0.2, 0.25) is 0 Å². The Morgan fingerprint density at radius 1 is 1.36 bits per heavy atom. The number of carbonyl (C=O) groups excluding carboxylic acids is 1. The number of hydrogen-bond acceptors (Lipinski definition) is 3. The lowest BCUT2D eigenvalue weighted by Crippen LogP contribution is -2.55. The molecule has 4 nitrogen and oxygen atoms in total. The van der Waals surface area contributed by atoms with Gasteiger partial charge >= 0.3 is 0 Å². The Kier molecular flexibility index (Phi) is 1.75. The molecule has 0 unspecified atom stereocenters. The van der Waals surface area contributed by atoms with E-state index in [-0.39, 0.29) is 5.91 Å². The molecule has 4 heteroatoms. The Bertz CT molecular complexity index is 387. The van der Waals surface area contributed by atoms with E-state index in [0.29, 0.717) is 11.4 Å². The van der Waals surface area contributed by atoms with E-state index in [1.54, 1.807) is 26.0 Å². The van der Waals surface area contributed by atoms with Crippen molar-refractivity contribution >= 4 is 11.6 Å². The minimum atomic E-state index is -0.886. The molecule has 2 N–H and O–H groups in total. The molecule has 1 aliphatic rings. The fourth-order valence-corrected chi connectivity index (χ4v) is 1.46. The molecule has 1 heterocycles. The number of para-hydroxylation sites is 2. The zero-order valence-electron chi connectivity index (χ0n) is 8.15. The Hall–Kier alpha value is -1.55. The predicted molar refractivity (Wildman–Crippen MR) is 52.8 cm³/mol. The summed E-state index contributed by atoms with van der Waals surface area (Å²) in [5.74, 6) is 6.07. The molecule has 0 saturated heterocycles. The van der Waals surface area contributed by atoms with Crippen molar-refractivity contribution in [1.29, 1.82) is 0 Å². The molecule has 2 rings (SSSR count). The van der Waals surface area contributed by atoms with Crippen molar-refractivity contribution in [2.45, 2.75) is 19.4 Å². The summed E-state index contributed by atoms with van der Waals surface area (Å²) < 4.78 is 5.53. The first-order chi connectivity index (χ1) is 6.52. The zero-order chi connectivity index (χ0) is 10.3. The second-order valence-electron chi connectivity index (χ2n) is 3.76. The third-order valence-electron chi connectivity index (χ3n) is 2.22. The van der Waals surface area contributed by atoms with Gasteiger partial charge in [0.05, 0.1) is 0 Å². The molecule has 0 atom stereocenters. The number of hydrogen-bond donors (Lipinski definition) is 1. The number of carbonyl (C=O) groups is 1. The average molecular weight is 192 g/mol. The molecular weight excluding hydrogens is 180 g/mol. The molecule has 74 valence electrons. The number of hydrazine groups is 1. The Morgan fingerprint density at radius 3 is 2.71 bits per heavy atom. The van der Waals surface area contributed by atoms with Crippen LogP contribution in [0, 0.1) is 0 Å². The molecule has 0 radical (unpaired) electrons. The Labute approximate surface area is 82.2 Å². The van der Waals surface area contributed by atoms with Crippen molar-refractivity contribution in [3.8, 4) is 5.75 Å². The minimum Gasteiger partial charge on any atom is -0.476 e. The van der Waals surface area contributed by atoms with Crippen molar-refractivity contribution in [3.63, 3.8) is 0 Å². The van der Waals surface area contributed by atoms with Gasteiger partial charge in [0.1, 0.15) is 11.4 Å². The van der Waals surface area contributed by atoms with Gasteiger partial charge in [-0.3, -0.25) is 4.79 Å². The van der Waals surface area contributed by atoms with Crippen molar-refractivity contribution in [2.75, 3.05) is 5.01 Å². The summed E-state index contributed by atoms with van der Waals surface area (Å²) in [6, 6.07) is 7.21. The van der Waals surface area contributed by atoms with E-state index in [2.05, 4.69) is 0 Å². The lowest BCUT2D eigenvalue weighted by molar-refractivity contribution is -0.132. The number of fused-ring (bicyclic) bond motifs is 1. The Balaban J connectivity index is 2.53. The summed E-state index contributed by atoms with van der Waals surface area (Å²) >= 11 is 0. The second-order valence-corrected chi connectivity index (χ2v) is 3.76. The van der Waals surface area contributed by atoms with E-state index in [4.69, 9.17) is 10.6 Å². The number of benzene rings is 1. The maximum absolute atomic E-state index is 11.7. The number of amides is 1. The van der Waals surface area contributed by atoms with E-state index in [9.17, 15) is 4.79 Å². The number of ether oxygens (including phenoxy) is 1. The van der Waals surface area contributed by atoms with Gasteiger partial charge in [-0.25, -0.2) is 10.9 Å². The van der Waals surface area contributed by atoms with Crippen molar-refractivity contribution in [2.24, 2.45) is 5.84 Å². The SMILES string of the molecule is CC1(C)Oc2ccccc2N(N)C1=O. The van der Waals surface area contributed by atoms with Gasteiger partial charge in [-0.1, -0.05) is 12.1 Å². The fraction of sp³-hybridized carbons (Fsp3) is 0.300. The highest BCUT2D eigenvalue weighted by Gasteiger charge is 2.39. The normalized spacial score (nSPS) is 18.8. The lowest BCUT2D eigenvalue weighted by atomic mass is 10.1. The predicted octanol–water partition coefficient (Wildman–Crippen LogP) is 1.06. The van der Waals surface area contributed by atoms with Crippen LogP contribution in [0.15, 0.2) is 24.3 Å². The zero-order valence-corrected chi connectivity index (χ0v) is 8.15. The maximum atomic E-state index is 11.7. The summed E-state index contributed by atoms with van der Waals surface area (Å²) in [6.45, 7) is 3.40. The number of rotatable bonds is 0. The quantitative estimate of drug-likeness (QED) is 0.494. The summed E-state index contributed by atoms with van der Waals surface area (Å²) in [6.07, 6.45) is 0. The molecule has 0 spiro atoms. The lowest BCUT2D eigenvalue weighted by Gasteiger charge is -2.36. The number of anilines is 1. The molecule has 1 aromatic rings. The number of nitrogens with two attached hydrogens (primary N) is 1. The monoisotopic (exact) mass is 192 g/mol. The number of nitrogens with zero attached hydrogens (tertiary/aromatic N) is 1. The standard InChI is InChI=1S/C10H12N2O2/c1-10(2)9(13)12(11)7-5-3-4-6-8(7)14-10/h3-6H,11H2,1-2H3. The topological polar surface area (TPSA) is 55.6 Å². The van der Waals surface area contributed by atoms with Crippen molar-refractivity contribution in [3.05, 3.63) is 24.3 Å². The molecule has 0 aliphatic carbocycles. The highest BCUT2D eigenvalue weighted by molar-refractivity contribution is 6.01. The molecule has 1 amide bonds. The summed E-state index contributed by atoms with van der Waals surface area (Å²) in [5.41, 5.74) is -0.278. The van der Waals surface area contributed by atoms with E-state index in [1.165, 1.54) is 0 Å². The maximum Gasteiger partial charge on any atom is 0.284 e. The van der Waals surface area contributed by atoms with Gasteiger partial charge in [-0.15, -0.1) is 0 Å². The average Bonchev–Trinajstić information content (AvgIpc) is 2.14.